The van der Waals surface area contributed by atoms with Crippen LogP contribution < -0.4 is 21.5 Å². The van der Waals surface area contributed by atoms with Gasteiger partial charge in [-0.2, -0.15) is 4.57 Å². The molecule has 0 fully saturated rings. The smallest absolute Gasteiger partial charge is 0.260 e. The molecule has 2 nitrogen and oxygen atoms in total. The molecule has 0 saturated heterocycles. The molecule has 0 radical (unpaired) electrons. The van der Waals surface area contributed by atoms with Crippen molar-refractivity contribution < 1.29 is 21.5 Å². The van der Waals surface area contributed by atoms with Crippen LogP contribution in [0.2, 0.25) is 10.3 Å². The molecule has 0 atom stereocenters. The fourth-order valence-electron chi connectivity index (χ4n) is 3.92. The summed E-state index contributed by atoms with van der Waals surface area (Å²) < 4.78 is 1.99. The van der Waals surface area contributed by atoms with Crippen molar-refractivity contribution in [3.05, 3.63) is 58.1 Å². The first-order valence-corrected chi connectivity index (χ1v) is 10.8. The van der Waals surface area contributed by atoms with E-state index in [4.69, 9.17) is 23.2 Å². The molecule has 0 aliphatic carbocycles. The number of benzene rings is 2. The van der Waals surface area contributed by atoms with E-state index in [1.807, 2.05) is 10.9 Å². The fourth-order valence-corrected chi connectivity index (χ4v) is 4.25. The maximum Gasteiger partial charge on any atom is 0.260 e. The first kappa shape index (κ1) is 23.3. The minimum absolute atomic E-state index is 0. The van der Waals surface area contributed by atoms with Gasteiger partial charge < -0.3 is 17.0 Å². The molecule has 2 aromatic carbocycles. The average molecular weight is 484 g/mol. The molecule has 0 spiro atoms. The number of halogens is 3. The highest BCUT2D eigenvalue weighted by atomic mass is 79.9. The van der Waals surface area contributed by atoms with Crippen molar-refractivity contribution in [1.82, 2.24) is 4.98 Å². The Labute approximate surface area is 189 Å². The molecule has 0 aliphatic rings. The number of hydrogen-bond donors (Lipinski definition) is 1. The zero-order valence-electron chi connectivity index (χ0n) is 16.7. The van der Waals surface area contributed by atoms with Crippen LogP contribution in [-0.2, 0) is 6.42 Å². The summed E-state index contributed by atoms with van der Waals surface area (Å²) in [7, 11) is 0. The Bertz CT molecular complexity index is 905. The lowest BCUT2D eigenvalue weighted by atomic mass is 9.94. The van der Waals surface area contributed by atoms with Crippen LogP contribution in [-0.4, -0.2) is 4.98 Å². The Morgan fingerprint density at radius 3 is 2.32 bits per heavy atom. The summed E-state index contributed by atoms with van der Waals surface area (Å²) in [6.45, 7) is 4.42. The highest BCUT2D eigenvalue weighted by Crippen LogP contribution is 2.29. The van der Waals surface area contributed by atoms with Gasteiger partial charge in [0, 0.05) is 5.56 Å². The average Bonchev–Trinajstić information content (AvgIpc) is 2.99. The van der Waals surface area contributed by atoms with Crippen molar-refractivity contribution in [2.24, 2.45) is 0 Å². The fraction of sp³-hybridized carbons (Fsp3) is 0.435. The number of unbranched alkanes of at least 4 members (excludes halogenated alkanes) is 6. The van der Waals surface area contributed by atoms with E-state index in [0.717, 1.165) is 12.1 Å². The first-order chi connectivity index (χ1) is 13.1. The first-order valence-electron chi connectivity index (χ1n) is 10.1. The van der Waals surface area contributed by atoms with E-state index in [0.29, 0.717) is 10.3 Å². The second-order valence-corrected chi connectivity index (χ2v) is 8.10. The Kier molecular flexibility index (Phi) is 9.33. The van der Waals surface area contributed by atoms with Gasteiger partial charge in [-0.1, -0.05) is 69.7 Å². The van der Waals surface area contributed by atoms with E-state index in [1.165, 1.54) is 66.8 Å². The third-order valence-corrected chi connectivity index (χ3v) is 6.06. The van der Waals surface area contributed by atoms with Crippen LogP contribution in [0.25, 0.3) is 16.5 Å². The number of fused-ring (bicyclic) bond motifs is 1. The van der Waals surface area contributed by atoms with Crippen molar-refractivity contribution in [3.8, 4) is 5.69 Å². The number of nitrogens with one attached hydrogen (secondary N) is 1. The van der Waals surface area contributed by atoms with Crippen molar-refractivity contribution in [3.63, 3.8) is 0 Å². The molecule has 3 aromatic rings. The zero-order valence-corrected chi connectivity index (χ0v) is 19.8. The lowest BCUT2D eigenvalue weighted by Gasteiger charge is -2.14. The van der Waals surface area contributed by atoms with E-state index < -0.39 is 0 Å². The van der Waals surface area contributed by atoms with Gasteiger partial charge in [0.2, 0.25) is 6.33 Å². The Balaban J connectivity index is 0.00000280. The highest BCUT2D eigenvalue weighted by molar-refractivity contribution is 6.39. The van der Waals surface area contributed by atoms with Crippen molar-refractivity contribution in [2.45, 2.75) is 65.2 Å². The molecule has 3 rings (SSSR count). The minimum Gasteiger partial charge on any atom is -1.00 e. The van der Waals surface area contributed by atoms with Crippen LogP contribution in [0.5, 0.6) is 0 Å². The van der Waals surface area contributed by atoms with Gasteiger partial charge in [-0.15, -0.1) is 0 Å². The third kappa shape index (κ3) is 5.31. The maximum absolute atomic E-state index is 6.47. The van der Waals surface area contributed by atoms with Gasteiger partial charge in [0.25, 0.3) is 10.3 Å². The molecule has 0 saturated carbocycles. The summed E-state index contributed by atoms with van der Waals surface area (Å²) in [4.78, 5) is 3.03. The molecular formula is C23H29BrCl2N2. The van der Waals surface area contributed by atoms with E-state index in [1.54, 1.807) is 0 Å². The van der Waals surface area contributed by atoms with E-state index in [9.17, 15) is 0 Å². The van der Waals surface area contributed by atoms with Crippen molar-refractivity contribution >= 4 is 34.0 Å². The molecule has 1 N–H and O–H groups in total. The predicted molar refractivity (Wildman–Crippen MR) is 116 cm³/mol. The standard InChI is InChI=1S/C23H28Cl2N2.BrH/c1-3-4-5-6-7-8-9-14-20-19-13-11-10-12-18(19)15-17(2)21(20)27-16-26-22(24)23(27)25;/h10-13,15-16H,3-9,14H2,1-2H3;1H. The number of aromatic nitrogens is 2. The van der Waals surface area contributed by atoms with Gasteiger partial charge in [-0.25, -0.2) is 4.98 Å². The van der Waals surface area contributed by atoms with Gasteiger partial charge in [0.05, 0.1) is 0 Å². The maximum atomic E-state index is 6.47. The van der Waals surface area contributed by atoms with Crippen LogP contribution in [0.4, 0.5) is 0 Å². The van der Waals surface area contributed by atoms with Gasteiger partial charge in [-0.3, -0.25) is 0 Å². The molecule has 0 unspecified atom stereocenters. The topological polar surface area (TPSA) is 19.7 Å². The normalized spacial score (nSPS) is 11.0. The molecule has 28 heavy (non-hydrogen) atoms. The van der Waals surface area contributed by atoms with Crippen LogP contribution >= 0.6 is 23.2 Å². The van der Waals surface area contributed by atoms with E-state index in [2.05, 4.69) is 49.2 Å². The molecule has 0 bridgehead atoms. The monoisotopic (exact) mass is 482 g/mol. The van der Waals surface area contributed by atoms with Crippen LogP contribution in [0.15, 0.2) is 36.7 Å². The van der Waals surface area contributed by atoms with Gasteiger partial charge in [0.1, 0.15) is 5.69 Å². The summed E-state index contributed by atoms with van der Waals surface area (Å²) in [5.74, 6) is 0. The van der Waals surface area contributed by atoms with Crippen LogP contribution in [0, 0.1) is 6.92 Å². The number of H-pyrrole nitrogens is 1. The van der Waals surface area contributed by atoms with Crippen LogP contribution in [0.1, 0.15) is 63.0 Å². The number of hydrogen-bond acceptors (Lipinski definition) is 0. The third-order valence-electron chi connectivity index (χ3n) is 5.30. The van der Waals surface area contributed by atoms with Crippen LogP contribution in [0.3, 0.4) is 0 Å². The van der Waals surface area contributed by atoms with Crippen molar-refractivity contribution in [2.75, 3.05) is 0 Å². The summed E-state index contributed by atoms with van der Waals surface area (Å²) in [6, 6.07) is 10.9. The molecule has 5 heteroatoms. The number of aromatic amines is 1. The van der Waals surface area contributed by atoms with Gasteiger partial charge in [0.15, 0.2) is 0 Å². The molecule has 1 aromatic heterocycles. The Morgan fingerprint density at radius 2 is 1.64 bits per heavy atom. The summed E-state index contributed by atoms with van der Waals surface area (Å²) in [6.07, 6.45) is 12.1. The van der Waals surface area contributed by atoms with E-state index >= 15 is 0 Å². The SMILES string of the molecule is CCCCCCCCCc1c(-[n+]2c[nH]c(Cl)c2Cl)c(C)cc2ccccc12.[Br-]. The number of aryl methyl sites for hydroxylation is 2. The second-order valence-electron chi connectivity index (χ2n) is 7.36. The molecule has 0 amide bonds. The van der Waals surface area contributed by atoms with Gasteiger partial charge in [-0.05, 0) is 65.4 Å². The lowest BCUT2D eigenvalue weighted by molar-refractivity contribution is -0.592. The predicted octanol–water partition coefficient (Wildman–Crippen LogP) is 4.36. The Hall–Kier alpha value is -1.03. The Morgan fingerprint density at radius 1 is 0.964 bits per heavy atom. The van der Waals surface area contributed by atoms with Crippen molar-refractivity contribution in [1.29, 1.82) is 0 Å². The van der Waals surface area contributed by atoms with Gasteiger partial charge >= 0.3 is 0 Å². The number of nitrogens with zero attached hydrogens (tertiary/aromatic N) is 1. The lowest BCUT2D eigenvalue weighted by Crippen LogP contribution is -3.00. The minimum atomic E-state index is 0. The summed E-state index contributed by atoms with van der Waals surface area (Å²) >= 11 is 12.7. The summed E-state index contributed by atoms with van der Waals surface area (Å²) in [5.41, 5.74) is 3.74. The molecule has 0 aliphatic heterocycles. The zero-order chi connectivity index (χ0) is 19.2. The number of rotatable bonds is 9. The van der Waals surface area contributed by atoms with E-state index in [-0.39, 0.29) is 17.0 Å². The molecular weight excluding hydrogens is 455 g/mol. The largest absolute Gasteiger partial charge is 1.00 e. The number of imidazole rings is 1. The molecule has 152 valence electrons. The highest BCUT2D eigenvalue weighted by Gasteiger charge is 2.22. The molecule has 1 heterocycles. The second kappa shape index (κ2) is 11.2. The quantitative estimate of drug-likeness (QED) is 0.344. The summed E-state index contributed by atoms with van der Waals surface area (Å²) in [5, 5.41) is 3.61.